The van der Waals surface area contributed by atoms with E-state index in [1.807, 2.05) is 17.2 Å². The second kappa shape index (κ2) is 7.04. The van der Waals surface area contributed by atoms with Gasteiger partial charge < -0.3 is 9.80 Å². The third kappa shape index (κ3) is 3.22. The first-order chi connectivity index (χ1) is 13.2. The monoisotopic (exact) mass is 369 g/mol. The Balaban J connectivity index is 1.20. The maximum atomic E-state index is 4.42. The Labute approximate surface area is 161 Å². The van der Waals surface area contributed by atoms with E-state index >= 15 is 0 Å². The molecule has 0 spiro atoms. The van der Waals surface area contributed by atoms with Crippen LogP contribution in [-0.4, -0.2) is 64.2 Å². The third-order valence-corrected chi connectivity index (χ3v) is 7.00. The van der Waals surface area contributed by atoms with Crippen LogP contribution in [0.4, 0.5) is 0 Å². The molecule has 5 rings (SSSR count). The Bertz CT molecular complexity index is 749. The van der Waals surface area contributed by atoms with Gasteiger partial charge in [0.2, 0.25) is 0 Å². The van der Waals surface area contributed by atoms with Gasteiger partial charge in [-0.2, -0.15) is 0 Å². The van der Waals surface area contributed by atoms with Crippen molar-refractivity contribution in [1.82, 2.24) is 29.9 Å². The van der Waals surface area contributed by atoms with E-state index in [9.17, 15) is 0 Å². The molecule has 1 aliphatic carbocycles. The van der Waals surface area contributed by atoms with Gasteiger partial charge in [0.25, 0.3) is 0 Å². The van der Waals surface area contributed by atoms with Crippen LogP contribution in [0, 0.1) is 11.8 Å². The van der Waals surface area contributed by atoms with E-state index in [0.717, 1.165) is 17.8 Å². The Morgan fingerprint density at radius 3 is 2.78 bits per heavy atom. The first-order valence-corrected chi connectivity index (χ1v) is 10.4. The zero-order valence-corrected chi connectivity index (χ0v) is 16.4. The summed E-state index contributed by atoms with van der Waals surface area (Å²) >= 11 is 0. The van der Waals surface area contributed by atoms with E-state index in [0.29, 0.717) is 12.0 Å². The molecule has 2 unspecified atom stereocenters. The molecule has 1 saturated heterocycles. The highest BCUT2D eigenvalue weighted by molar-refractivity contribution is 5.61. The number of rotatable bonds is 4. The fourth-order valence-electron chi connectivity index (χ4n) is 5.36. The van der Waals surface area contributed by atoms with Crippen molar-refractivity contribution >= 4 is 0 Å². The highest BCUT2D eigenvalue weighted by Gasteiger charge is 2.36. The quantitative estimate of drug-likeness (QED) is 0.859. The molecular formula is C20H31N7. The lowest BCUT2D eigenvalue weighted by molar-refractivity contribution is 0.177. The molecule has 0 radical (unpaired) electrons. The van der Waals surface area contributed by atoms with E-state index in [1.54, 1.807) is 0 Å². The second-order valence-corrected chi connectivity index (χ2v) is 8.86. The van der Waals surface area contributed by atoms with Crippen LogP contribution < -0.4 is 11.0 Å². The van der Waals surface area contributed by atoms with Crippen LogP contribution in [-0.2, 0) is 0 Å². The lowest BCUT2D eigenvalue weighted by Gasteiger charge is -2.34. The van der Waals surface area contributed by atoms with Crippen molar-refractivity contribution in [1.29, 1.82) is 0 Å². The van der Waals surface area contributed by atoms with E-state index in [4.69, 9.17) is 0 Å². The molecule has 0 aromatic carbocycles. The molecule has 1 saturated carbocycles. The van der Waals surface area contributed by atoms with Gasteiger partial charge in [0.05, 0.1) is 11.7 Å². The minimum Gasteiger partial charge on any atom is -0.305 e. The van der Waals surface area contributed by atoms with Crippen LogP contribution in [0.1, 0.15) is 43.8 Å². The zero-order valence-electron chi connectivity index (χ0n) is 16.4. The summed E-state index contributed by atoms with van der Waals surface area (Å²) in [5.74, 6) is 2.40. The maximum Gasteiger partial charge on any atom is 0.162 e. The molecule has 27 heavy (non-hydrogen) atoms. The summed E-state index contributed by atoms with van der Waals surface area (Å²) in [5, 5.41) is 0. The number of nitrogens with one attached hydrogen (secondary N) is 2. The molecule has 2 fully saturated rings. The van der Waals surface area contributed by atoms with Crippen molar-refractivity contribution in [2.75, 3.05) is 39.3 Å². The van der Waals surface area contributed by atoms with Gasteiger partial charge in [-0.1, -0.05) is 0 Å². The van der Waals surface area contributed by atoms with Crippen LogP contribution >= 0.6 is 0 Å². The summed E-state index contributed by atoms with van der Waals surface area (Å²) in [6, 6.07) is 3.19. The van der Waals surface area contributed by atoms with Crippen molar-refractivity contribution in [3.8, 4) is 11.4 Å². The number of hydrogen-bond acceptors (Lipinski definition) is 6. The van der Waals surface area contributed by atoms with E-state index in [1.165, 1.54) is 63.0 Å². The third-order valence-electron chi connectivity index (χ3n) is 7.00. The summed E-state index contributed by atoms with van der Waals surface area (Å²) in [6.07, 6.45) is 10.3. The molecular weight excluding hydrogens is 338 g/mol. The molecule has 7 nitrogen and oxygen atoms in total. The second-order valence-electron chi connectivity index (χ2n) is 8.86. The van der Waals surface area contributed by atoms with Crippen molar-refractivity contribution in [2.45, 2.75) is 44.2 Å². The summed E-state index contributed by atoms with van der Waals surface area (Å²) < 4.78 is 2.03. The fourth-order valence-corrected chi connectivity index (χ4v) is 5.36. The average molecular weight is 370 g/mol. The molecule has 0 amide bonds. The molecule has 0 bridgehead atoms. The number of nitrogens with zero attached hydrogens (tertiary/aromatic N) is 5. The molecule has 0 aromatic rings. The Kier molecular flexibility index (Phi) is 4.53. The van der Waals surface area contributed by atoms with Gasteiger partial charge in [-0.15, -0.1) is 0 Å². The average Bonchev–Trinajstić information content (AvgIpc) is 3.40. The molecule has 2 atom stereocenters. The van der Waals surface area contributed by atoms with Crippen molar-refractivity contribution in [3.63, 3.8) is 0 Å². The van der Waals surface area contributed by atoms with Crippen LogP contribution in [0.3, 0.4) is 0 Å². The van der Waals surface area contributed by atoms with Crippen LogP contribution in [0.25, 0.3) is 11.4 Å². The van der Waals surface area contributed by atoms with E-state index in [2.05, 4.69) is 50.9 Å². The standard InChI is InChI=1S/C20H31N7/c1-25(2)16-8-10-26(12-16)11-14-3-5-15(6-4-14)18-19-17-7-9-21-20(17)22-13-27(19)24-23-18/h7,9,13-16,18,23-24H,3-6,8,10-12H2,1-2H3. The van der Waals surface area contributed by atoms with Gasteiger partial charge in [-0.3, -0.25) is 5.53 Å². The number of fused-ring (bicyclic) bond motifs is 3. The minimum atomic E-state index is 0.352. The maximum absolute atomic E-state index is 4.42. The predicted molar refractivity (Wildman–Crippen MR) is 106 cm³/mol. The van der Waals surface area contributed by atoms with Gasteiger partial charge in [0, 0.05) is 30.9 Å². The fraction of sp³-hybridized carbons (Fsp3) is 0.700. The van der Waals surface area contributed by atoms with E-state index < -0.39 is 0 Å². The number of aromatic nitrogens is 3. The zero-order chi connectivity index (χ0) is 18.4. The largest absolute Gasteiger partial charge is 0.305 e. The Morgan fingerprint density at radius 1 is 1.15 bits per heavy atom. The van der Waals surface area contributed by atoms with Gasteiger partial charge >= 0.3 is 0 Å². The topological polar surface area (TPSA) is 61.2 Å². The van der Waals surface area contributed by atoms with Gasteiger partial charge in [0.1, 0.15) is 6.33 Å². The predicted octanol–water partition coefficient (Wildman–Crippen LogP) is 1.93. The summed E-state index contributed by atoms with van der Waals surface area (Å²) in [7, 11) is 4.43. The van der Waals surface area contributed by atoms with Gasteiger partial charge in [0.15, 0.2) is 5.82 Å². The number of likely N-dealkylation sites (N-methyl/N-ethyl adjacent to an activating group) is 1. The normalized spacial score (nSPS) is 31.5. The summed E-state index contributed by atoms with van der Waals surface area (Å²) in [6.45, 7) is 3.82. The Morgan fingerprint density at radius 2 is 2.00 bits per heavy atom. The van der Waals surface area contributed by atoms with Gasteiger partial charge in [-0.25, -0.2) is 20.1 Å². The number of hydrogen-bond donors (Lipinski definition) is 2. The lowest BCUT2D eigenvalue weighted by Crippen LogP contribution is -2.35. The van der Waals surface area contributed by atoms with Crippen LogP contribution in [0.2, 0.25) is 0 Å². The molecule has 0 aromatic heterocycles. The minimum absolute atomic E-state index is 0.352. The molecule has 146 valence electrons. The highest BCUT2D eigenvalue weighted by Crippen LogP contribution is 2.41. The molecule has 7 heteroatoms. The SMILES string of the molecule is CN(C)C1CCN(CC2CCC(C3NNn4cnc5nccc-5c43)CC2)C1. The van der Waals surface area contributed by atoms with Gasteiger partial charge in [-0.05, 0) is 70.6 Å². The number of likely N-dealkylation sites (tertiary alicyclic amines) is 1. The highest BCUT2D eigenvalue weighted by atomic mass is 15.7. The summed E-state index contributed by atoms with van der Waals surface area (Å²) in [4.78, 5) is 13.9. The smallest absolute Gasteiger partial charge is 0.162 e. The molecule has 4 heterocycles. The Hall–Kier alpha value is -1.70. The first kappa shape index (κ1) is 17.4. The van der Waals surface area contributed by atoms with Crippen molar-refractivity contribution < 1.29 is 0 Å². The van der Waals surface area contributed by atoms with Crippen molar-refractivity contribution in [2.24, 2.45) is 11.8 Å². The van der Waals surface area contributed by atoms with Crippen molar-refractivity contribution in [3.05, 3.63) is 24.3 Å². The molecule has 2 N–H and O–H groups in total. The lowest BCUT2D eigenvalue weighted by atomic mass is 9.77. The first-order valence-electron chi connectivity index (χ1n) is 10.4. The van der Waals surface area contributed by atoms with Crippen LogP contribution in [0.5, 0.6) is 0 Å². The number of hydrazine groups is 1. The molecule has 5 aliphatic rings. The molecule has 4 aliphatic heterocycles. The van der Waals surface area contributed by atoms with Crippen LogP contribution in [0.15, 0.2) is 18.6 Å². The summed E-state index contributed by atoms with van der Waals surface area (Å²) in [5.41, 5.74) is 9.26. The van der Waals surface area contributed by atoms with E-state index in [-0.39, 0.29) is 0 Å².